The van der Waals surface area contributed by atoms with Crippen molar-refractivity contribution in [3.63, 3.8) is 0 Å². The molecule has 1 heterocycles. The maximum atomic E-state index is 11.4. The van der Waals surface area contributed by atoms with Crippen molar-refractivity contribution in [3.8, 4) is 0 Å². The predicted molar refractivity (Wildman–Crippen MR) is 52.2 cm³/mol. The number of aliphatic imine (C=N–C) groups is 1. The third-order valence-corrected chi connectivity index (χ3v) is 2.31. The summed E-state index contributed by atoms with van der Waals surface area (Å²) < 4.78 is 0. The first-order chi connectivity index (χ1) is 5.94. The molecule has 74 valence electrons. The van der Waals surface area contributed by atoms with E-state index in [1.165, 1.54) is 0 Å². The Bertz CT molecular complexity index is 247. The molecule has 0 bridgehead atoms. The smallest absolute Gasteiger partial charge is 0.254 e. The Kier molecular flexibility index (Phi) is 2.59. The van der Waals surface area contributed by atoms with E-state index in [0.29, 0.717) is 5.92 Å². The van der Waals surface area contributed by atoms with Crippen LogP contribution in [-0.2, 0) is 4.79 Å². The average molecular weight is 183 g/mol. The zero-order valence-electron chi connectivity index (χ0n) is 8.42. The second kappa shape index (κ2) is 3.36. The third kappa shape index (κ3) is 2.20. The highest BCUT2D eigenvalue weighted by Gasteiger charge is 2.37. The van der Waals surface area contributed by atoms with Crippen LogP contribution in [0, 0.1) is 5.92 Å². The Hall–Kier alpha value is -1.06. The monoisotopic (exact) mass is 183 g/mol. The van der Waals surface area contributed by atoms with Crippen molar-refractivity contribution >= 4 is 11.9 Å². The lowest BCUT2D eigenvalue weighted by Gasteiger charge is -2.18. The van der Waals surface area contributed by atoms with Crippen LogP contribution in [0.4, 0.5) is 0 Å². The van der Waals surface area contributed by atoms with Crippen molar-refractivity contribution in [2.24, 2.45) is 16.6 Å². The second-order valence-electron chi connectivity index (χ2n) is 4.16. The third-order valence-electron chi connectivity index (χ3n) is 2.31. The molecule has 4 nitrogen and oxygen atoms in total. The van der Waals surface area contributed by atoms with Crippen molar-refractivity contribution < 1.29 is 4.79 Å². The number of amides is 1. The quantitative estimate of drug-likeness (QED) is 0.673. The highest BCUT2D eigenvalue weighted by molar-refractivity contribution is 6.06. The fourth-order valence-corrected chi connectivity index (χ4v) is 1.33. The Labute approximate surface area is 78.6 Å². The number of hydrogen-bond acceptors (Lipinski definition) is 3. The Morgan fingerprint density at radius 1 is 1.62 bits per heavy atom. The van der Waals surface area contributed by atoms with Gasteiger partial charge >= 0.3 is 0 Å². The van der Waals surface area contributed by atoms with Crippen LogP contribution < -0.4 is 11.1 Å². The van der Waals surface area contributed by atoms with Gasteiger partial charge in [0.05, 0.1) is 0 Å². The fourth-order valence-electron chi connectivity index (χ4n) is 1.33. The summed E-state index contributed by atoms with van der Waals surface area (Å²) in [6.45, 7) is 6.08. The SMILES string of the molecule is CC(C)CCC1(C)N=C(N)NC1=O. The van der Waals surface area contributed by atoms with E-state index in [0.717, 1.165) is 12.8 Å². The van der Waals surface area contributed by atoms with Gasteiger partial charge in [-0.2, -0.15) is 0 Å². The normalized spacial score (nSPS) is 27.7. The molecule has 0 aromatic rings. The zero-order valence-corrected chi connectivity index (χ0v) is 8.42. The van der Waals surface area contributed by atoms with Crippen molar-refractivity contribution in [2.45, 2.75) is 39.2 Å². The molecule has 1 atom stereocenters. The maximum Gasteiger partial charge on any atom is 0.254 e. The Balaban J connectivity index is 2.60. The van der Waals surface area contributed by atoms with E-state index in [4.69, 9.17) is 5.73 Å². The molecule has 1 aliphatic heterocycles. The fraction of sp³-hybridized carbons (Fsp3) is 0.778. The zero-order chi connectivity index (χ0) is 10.1. The molecule has 13 heavy (non-hydrogen) atoms. The van der Waals surface area contributed by atoms with Crippen LogP contribution >= 0.6 is 0 Å². The van der Waals surface area contributed by atoms with Gasteiger partial charge in [-0.1, -0.05) is 13.8 Å². The average Bonchev–Trinajstić information content (AvgIpc) is 2.23. The lowest BCUT2D eigenvalue weighted by molar-refractivity contribution is -0.123. The predicted octanol–water partition coefficient (Wildman–Crippen LogP) is 0.626. The van der Waals surface area contributed by atoms with E-state index in [-0.39, 0.29) is 11.9 Å². The maximum absolute atomic E-state index is 11.4. The molecule has 3 N–H and O–H groups in total. The van der Waals surface area contributed by atoms with Crippen LogP contribution in [0.2, 0.25) is 0 Å². The molecule has 4 heteroatoms. The summed E-state index contributed by atoms with van der Waals surface area (Å²) in [4.78, 5) is 15.5. The van der Waals surface area contributed by atoms with Crippen molar-refractivity contribution in [1.82, 2.24) is 5.32 Å². The van der Waals surface area contributed by atoms with Crippen LogP contribution in [0.1, 0.15) is 33.6 Å². The molecule has 1 aliphatic rings. The first kappa shape index (κ1) is 10.0. The molecule has 1 unspecified atom stereocenters. The van der Waals surface area contributed by atoms with E-state index in [1.807, 2.05) is 6.92 Å². The number of nitrogens with one attached hydrogen (secondary N) is 1. The van der Waals surface area contributed by atoms with Gasteiger partial charge in [-0.05, 0) is 25.7 Å². The van der Waals surface area contributed by atoms with Gasteiger partial charge in [-0.3, -0.25) is 10.1 Å². The van der Waals surface area contributed by atoms with Crippen LogP contribution in [0.15, 0.2) is 4.99 Å². The molecular weight excluding hydrogens is 166 g/mol. The largest absolute Gasteiger partial charge is 0.370 e. The summed E-state index contributed by atoms with van der Waals surface area (Å²) in [5.41, 5.74) is 4.79. The number of guanidine groups is 1. The van der Waals surface area contributed by atoms with Gasteiger partial charge < -0.3 is 5.73 Å². The minimum atomic E-state index is -0.631. The summed E-state index contributed by atoms with van der Waals surface area (Å²) >= 11 is 0. The Morgan fingerprint density at radius 3 is 2.62 bits per heavy atom. The van der Waals surface area contributed by atoms with Crippen LogP contribution in [-0.4, -0.2) is 17.4 Å². The Morgan fingerprint density at radius 2 is 2.23 bits per heavy atom. The van der Waals surface area contributed by atoms with E-state index < -0.39 is 5.54 Å². The second-order valence-corrected chi connectivity index (χ2v) is 4.16. The molecule has 0 spiro atoms. The number of rotatable bonds is 3. The number of nitrogens with two attached hydrogens (primary N) is 1. The standard InChI is InChI=1S/C9H17N3O/c1-6(2)4-5-9(3)7(13)11-8(10)12-9/h6H,4-5H2,1-3H3,(H3,10,11,12,13). The molecule has 0 fully saturated rings. The minimum absolute atomic E-state index is 0.0781. The first-order valence-corrected chi connectivity index (χ1v) is 4.61. The van der Waals surface area contributed by atoms with Crippen LogP contribution in [0.25, 0.3) is 0 Å². The van der Waals surface area contributed by atoms with Crippen molar-refractivity contribution in [2.75, 3.05) is 0 Å². The molecule has 0 saturated carbocycles. The summed E-state index contributed by atoms with van der Waals surface area (Å²) in [5.74, 6) is 0.753. The molecule has 0 aromatic carbocycles. The van der Waals surface area contributed by atoms with E-state index >= 15 is 0 Å². The molecule has 0 radical (unpaired) electrons. The summed E-state index contributed by atoms with van der Waals surface area (Å²) in [6, 6.07) is 0. The van der Waals surface area contributed by atoms with Gasteiger partial charge in [0.1, 0.15) is 5.54 Å². The summed E-state index contributed by atoms with van der Waals surface area (Å²) in [6.07, 6.45) is 1.75. The minimum Gasteiger partial charge on any atom is -0.370 e. The highest BCUT2D eigenvalue weighted by atomic mass is 16.2. The summed E-state index contributed by atoms with van der Waals surface area (Å²) in [5, 5.41) is 2.52. The number of carbonyl (C=O) groups excluding carboxylic acids is 1. The van der Waals surface area contributed by atoms with Gasteiger partial charge in [-0.15, -0.1) is 0 Å². The molecule has 1 rings (SSSR count). The molecule has 0 aliphatic carbocycles. The van der Waals surface area contributed by atoms with Gasteiger partial charge in [-0.25, -0.2) is 4.99 Å². The lowest BCUT2D eigenvalue weighted by Crippen LogP contribution is -2.38. The van der Waals surface area contributed by atoms with Gasteiger partial charge in [0.2, 0.25) is 0 Å². The number of hydrogen-bond donors (Lipinski definition) is 2. The van der Waals surface area contributed by atoms with Gasteiger partial charge in [0, 0.05) is 0 Å². The van der Waals surface area contributed by atoms with Crippen molar-refractivity contribution in [1.29, 1.82) is 0 Å². The van der Waals surface area contributed by atoms with E-state index in [9.17, 15) is 4.79 Å². The molecular formula is C9H17N3O. The van der Waals surface area contributed by atoms with Crippen LogP contribution in [0.5, 0.6) is 0 Å². The van der Waals surface area contributed by atoms with E-state index in [1.54, 1.807) is 0 Å². The van der Waals surface area contributed by atoms with Gasteiger partial charge in [0.15, 0.2) is 5.96 Å². The molecule has 0 saturated heterocycles. The molecule has 0 aromatic heterocycles. The lowest BCUT2D eigenvalue weighted by atomic mass is 9.92. The first-order valence-electron chi connectivity index (χ1n) is 4.61. The summed E-state index contributed by atoms with van der Waals surface area (Å²) in [7, 11) is 0. The van der Waals surface area contributed by atoms with Crippen molar-refractivity contribution in [3.05, 3.63) is 0 Å². The van der Waals surface area contributed by atoms with Crippen LogP contribution in [0.3, 0.4) is 0 Å². The molecule has 1 amide bonds. The topological polar surface area (TPSA) is 67.5 Å². The number of nitrogens with zero attached hydrogens (tertiary/aromatic N) is 1. The number of carbonyl (C=O) groups is 1. The highest BCUT2D eigenvalue weighted by Crippen LogP contribution is 2.23. The van der Waals surface area contributed by atoms with E-state index in [2.05, 4.69) is 24.2 Å². The van der Waals surface area contributed by atoms with Gasteiger partial charge in [0.25, 0.3) is 5.91 Å².